The Hall–Kier alpha value is -1.66. The number of methoxy groups -OCH3 is 1. The highest BCUT2D eigenvalue weighted by Crippen LogP contribution is 2.40. The van der Waals surface area contributed by atoms with Gasteiger partial charge in [-0.2, -0.15) is 0 Å². The molecule has 25 heavy (non-hydrogen) atoms. The predicted molar refractivity (Wildman–Crippen MR) is 92.1 cm³/mol. The largest absolute Gasteiger partial charge is 0.383 e. The molecule has 7 heteroatoms. The second-order valence-electron chi connectivity index (χ2n) is 6.77. The predicted octanol–water partition coefficient (Wildman–Crippen LogP) is 2.58. The van der Waals surface area contributed by atoms with E-state index in [1.807, 2.05) is 4.90 Å². The number of hydrogen-bond acceptors (Lipinski definition) is 3. The summed E-state index contributed by atoms with van der Waals surface area (Å²) in [5.41, 5.74) is -0.145. The Bertz CT molecular complexity index is 684. The Labute approximate surface area is 151 Å². The van der Waals surface area contributed by atoms with Gasteiger partial charge in [-0.15, -0.1) is 0 Å². The van der Waals surface area contributed by atoms with E-state index in [1.165, 1.54) is 18.2 Å². The summed E-state index contributed by atoms with van der Waals surface area (Å²) in [7, 11) is 1.62. The fourth-order valence-corrected chi connectivity index (χ4v) is 3.98. The van der Waals surface area contributed by atoms with Crippen molar-refractivity contribution in [1.82, 2.24) is 9.80 Å². The summed E-state index contributed by atoms with van der Waals surface area (Å²) in [5.74, 6) is -0.642. The number of nitrogens with zero attached hydrogens (tertiary/aromatic N) is 2. The lowest BCUT2D eigenvalue weighted by Crippen LogP contribution is -2.51. The van der Waals surface area contributed by atoms with Gasteiger partial charge in [0.15, 0.2) is 0 Å². The molecule has 1 atom stereocenters. The van der Waals surface area contributed by atoms with Gasteiger partial charge >= 0.3 is 0 Å². The van der Waals surface area contributed by atoms with Crippen molar-refractivity contribution in [3.63, 3.8) is 0 Å². The number of carbonyl (C=O) groups excluding carboxylic acids is 2. The van der Waals surface area contributed by atoms with Crippen molar-refractivity contribution in [1.29, 1.82) is 0 Å². The average molecular weight is 369 g/mol. The molecule has 2 aliphatic heterocycles. The van der Waals surface area contributed by atoms with Crippen molar-refractivity contribution in [3.05, 3.63) is 34.6 Å². The zero-order valence-corrected chi connectivity index (χ0v) is 15.0. The maximum Gasteiger partial charge on any atom is 0.253 e. The molecule has 0 bridgehead atoms. The van der Waals surface area contributed by atoms with Crippen LogP contribution in [-0.4, -0.2) is 61.5 Å². The van der Waals surface area contributed by atoms with Crippen molar-refractivity contribution >= 4 is 23.4 Å². The molecular weight excluding hydrogens is 347 g/mol. The molecule has 0 saturated carbocycles. The summed E-state index contributed by atoms with van der Waals surface area (Å²) >= 11 is 5.78. The fraction of sp³-hybridized carbons (Fsp3) is 0.556. The highest BCUT2D eigenvalue weighted by Gasteiger charge is 2.49. The SMILES string of the molecule is COCCN1CCC[C@]2(CCN(C(=O)c3ccc(F)c(Cl)c3)C2)C1=O. The Morgan fingerprint density at radius 2 is 2.16 bits per heavy atom. The maximum atomic E-state index is 13.3. The van der Waals surface area contributed by atoms with Crippen LogP contribution in [0.1, 0.15) is 29.6 Å². The van der Waals surface area contributed by atoms with Crippen LogP contribution in [0.3, 0.4) is 0 Å². The quantitative estimate of drug-likeness (QED) is 0.820. The average Bonchev–Trinajstić information content (AvgIpc) is 3.03. The molecule has 0 unspecified atom stereocenters. The van der Waals surface area contributed by atoms with Gasteiger partial charge in [-0.05, 0) is 37.5 Å². The van der Waals surface area contributed by atoms with Gasteiger partial charge in [-0.25, -0.2) is 4.39 Å². The number of ether oxygens (including phenoxy) is 1. The third-order valence-electron chi connectivity index (χ3n) is 5.20. The number of hydrogen-bond donors (Lipinski definition) is 0. The Morgan fingerprint density at radius 3 is 2.88 bits per heavy atom. The molecule has 3 rings (SSSR count). The van der Waals surface area contributed by atoms with Crippen LogP contribution >= 0.6 is 11.6 Å². The van der Waals surface area contributed by atoms with Gasteiger partial charge in [-0.1, -0.05) is 11.6 Å². The van der Waals surface area contributed by atoms with Crippen LogP contribution in [0, 0.1) is 11.2 Å². The monoisotopic (exact) mass is 368 g/mol. The molecule has 1 aromatic rings. The van der Waals surface area contributed by atoms with Crippen LogP contribution in [-0.2, 0) is 9.53 Å². The molecular formula is C18H22ClFN2O3. The number of likely N-dealkylation sites (tertiary alicyclic amines) is 2. The van der Waals surface area contributed by atoms with E-state index in [0.717, 1.165) is 19.4 Å². The van der Waals surface area contributed by atoms with Gasteiger partial charge in [-0.3, -0.25) is 9.59 Å². The van der Waals surface area contributed by atoms with Gasteiger partial charge in [0, 0.05) is 38.9 Å². The number of piperidine rings is 1. The minimum absolute atomic E-state index is 0.0701. The lowest BCUT2D eigenvalue weighted by molar-refractivity contribution is -0.146. The van der Waals surface area contributed by atoms with E-state index in [-0.39, 0.29) is 16.8 Å². The van der Waals surface area contributed by atoms with E-state index in [0.29, 0.717) is 38.2 Å². The van der Waals surface area contributed by atoms with E-state index in [2.05, 4.69) is 0 Å². The van der Waals surface area contributed by atoms with E-state index < -0.39 is 11.2 Å². The maximum absolute atomic E-state index is 13.3. The summed E-state index contributed by atoms with van der Waals surface area (Å²) in [5, 5.41) is -0.0701. The molecule has 0 aliphatic carbocycles. The normalized spacial score (nSPS) is 23.6. The first-order valence-electron chi connectivity index (χ1n) is 8.49. The minimum atomic E-state index is -0.549. The standard InChI is InChI=1S/C18H22ClFN2O3/c1-25-10-9-21-7-2-5-18(17(21)24)6-8-22(12-18)16(23)13-3-4-15(20)14(19)11-13/h3-4,11H,2,5-10,12H2,1H3/t18-/m1/s1. The Balaban J connectivity index is 1.72. The van der Waals surface area contributed by atoms with E-state index in [4.69, 9.17) is 16.3 Å². The molecule has 2 amide bonds. The molecule has 2 fully saturated rings. The first kappa shape index (κ1) is 18.1. The summed E-state index contributed by atoms with van der Waals surface area (Å²) in [4.78, 5) is 29.1. The van der Waals surface area contributed by atoms with Crippen LogP contribution < -0.4 is 0 Å². The van der Waals surface area contributed by atoms with Crippen LogP contribution in [0.25, 0.3) is 0 Å². The van der Waals surface area contributed by atoms with Gasteiger partial charge in [0.05, 0.1) is 17.0 Å². The zero-order chi connectivity index (χ0) is 18.0. The lowest BCUT2D eigenvalue weighted by atomic mass is 9.78. The van der Waals surface area contributed by atoms with Gasteiger partial charge in [0.2, 0.25) is 5.91 Å². The Kier molecular flexibility index (Phi) is 5.29. The number of halogens is 2. The molecule has 0 radical (unpaired) electrons. The van der Waals surface area contributed by atoms with Gasteiger partial charge in [0.25, 0.3) is 5.91 Å². The van der Waals surface area contributed by atoms with E-state index in [9.17, 15) is 14.0 Å². The molecule has 0 aromatic heterocycles. The van der Waals surface area contributed by atoms with Crippen LogP contribution in [0.15, 0.2) is 18.2 Å². The number of rotatable bonds is 4. The molecule has 2 saturated heterocycles. The van der Waals surface area contributed by atoms with Crippen LogP contribution in [0.4, 0.5) is 4.39 Å². The van der Waals surface area contributed by atoms with Crippen molar-refractivity contribution in [2.45, 2.75) is 19.3 Å². The van der Waals surface area contributed by atoms with E-state index >= 15 is 0 Å². The summed E-state index contributed by atoms with van der Waals surface area (Å²) in [6, 6.07) is 3.97. The molecule has 0 N–H and O–H groups in total. The van der Waals surface area contributed by atoms with Crippen molar-refractivity contribution < 1.29 is 18.7 Å². The summed E-state index contributed by atoms with van der Waals surface area (Å²) in [6.45, 7) is 2.77. The Morgan fingerprint density at radius 1 is 1.36 bits per heavy atom. The van der Waals surface area contributed by atoms with Crippen LogP contribution in [0.5, 0.6) is 0 Å². The molecule has 5 nitrogen and oxygen atoms in total. The lowest BCUT2D eigenvalue weighted by Gasteiger charge is -2.39. The first-order valence-corrected chi connectivity index (χ1v) is 8.87. The number of carbonyl (C=O) groups is 2. The smallest absolute Gasteiger partial charge is 0.253 e. The van der Waals surface area contributed by atoms with Crippen molar-refractivity contribution in [2.24, 2.45) is 5.41 Å². The third-order valence-corrected chi connectivity index (χ3v) is 5.49. The third kappa shape index (κ3) is 3.51. The summed E-state index contributed by atoms with van der Waals surface area (Å²) in [6.07, 6.45) is 2.39. The number of amides is 2. The highest BCUT2D eigenvalue weighted by atomic mass is 35.5. The van der Waals surface area contributed by atoms with Crippen LogP contribution in [0.2, 0.25) is 5.02 Å². The van der Waals surface area contributed by atoms with Crippen molar-refractivity contribution in [3.8, 4) is 0 Å². The molecule has 2 aliphatic rings. The minimum Gasteiger partial charge on any atom is -0.383 e. The second-order valence-corrected chi connectivity index (χ2v) is 7.18. The highest BCUT2D eigenvalue weighted by molar-refractivity contribution is 6.31. The van der Waals surface area contributed by atoms with Crippen molar-refractivity contribution in [2.75, 3.05) is 39.9 Å². The van der Waals surface area contributed by atoms with E-state index in [1.54, 1.807) is 12.0 Å². The molecule has 1 spiro atoms. The van der Waals surface area contributed by atoms with Gasteiger partial charge in [0.1, 0.15) is 5.82 Å². The topological polar surface area (TPSA) is 49.9 Å². The molecule has 1 aromatic carbocycles. The zero-order valence-electron chi connectivity index (χ0n) is 14.3. The van der Waals surface area contributed by atoms with Gasteiger partial charge < -0.3 is 14.5 Å². The molecule has 2 heterocycles. The summed E-state index contributed by atoms with van der Waals surface area (Å²) < 4.78 is 18.4. The fourth-order valence-electron chi connectivity index (χ4n) is 3.80. The molecule has 136 valence electrons. The first-order chi connectivity index (χ1) is 12.0. The number of benzene rings is 1. The second kappa shape index (κ2) is 7.30.